The molecule has 112 valence electrons. The lowest BCUT2D eigenvalue weighted by molar-refractivity contribution is -0.147. The minimum atomic E-state index is -0.703. The van der Waals surface area contributed by atoms with E-state index in [-0.39, 0.29) is 0 Å². The van der Waals surface area contributed by atoms with Gasteiger partial charge in [0.2, 0.25) is 0 Å². The number of aryl methyl sites for hydroxylation is 1. The molecule has 0 aliphatic rings. The van der Waals surface area contributed by atoms with Crippen molar-refractivity contribution in [3.8, 4) is 0 Å². The van der Waals surface area contributed by atoms with E-state index in [9.17, 15) is 4.79 Å². The highest BCUT2D eigenvalue weighted by atomic mass is 16.4. The lowest BCUT2D eigenvalue weighted by Crippen LogP contribution is -2.24. The number of benzene rings is 1. The van der Waals surface area contributed by atoms with Gasteiger partial charge in [-0.1, -0.05) is 36.2 Å². The minimum absolute atomic E-state index is 0.602. The van der Waals surface area contributed by atoms with Crippen LogP contribution < -0.4 is 0 Å². The van der Waals surface area contributed by atoms with E-state index in [1.807, 2.05) is 0 Å². The predicted molar refractivity (Wildman–Crippen MR) is 82.8 cm³/mol. The Morgan fingerprint density at radius 2 is 1.80 bits per heavy atom. The number of hydrogen-bond donors (Lipinski definition) is 1. The highest BCUT2D eigenvalue weighted by Crippen LogP contribution is 2.23. The Hall–Kier alpha value is -1.35. The lowest BCUT2D eigenvalue weighted by atomic mass is 9.87. The number of carboxylic acid groups (broad SMARTS) is 1. The van der Waals surface area contributed by atoms with Crippen LogP contribution in [-0.2, 0) is 11.3 Å². The van der Waals surface area contributed by atoms with E-state index in [1.165, 1.54) is 11.1 Å². The molecule has 1 aromatic rings. The lowest BCUT2D eigenvalue weighted by Gasteiger charge is -2.20. The maximum Gasteiger partial charge on any atom is 0.309 e. The standard InChI is InChI=1S/C17H27NO2/c1-14-7-9-15(10-8-14)13-18(4)12-6-5-11-17(2,3)16(19)20/h7-10H,5-6,11-13H2,1-4H3,(H,19,20). The van der Waals surface area contributed by atoms with E-state index in [1.54, 1.807) is 13.8 Å². The Balaban J connectivity index is 2.25. The van der Waals surface area contributed by atoms with Gasteiger partial charge >= 0.3 is 5.97 Å². The van der Waals surface area contributed by atoms with Crippen LogP contribution in [0.1, 0.15) is 44.2 Å². The highest BCUT2D eigenvalue weighted by molar-refractivity contribution is 5.73. The molecule has 1 aromatic carbocycles. The Labute approximate surface area is 122 Å². The van der Waals surface area contributed by atoms with Crippen LogP contribution in [-0.4, -0.2) is 29.6 Å². The molecule has 0 heterocycles. The first-order chi connectivity index (χ1) is 9.31. The van der Waals surface area contributed by atoms with Gasteiger partial charge in [-0.3, -0.25) is 4.79 Å². The molecule has 0 radical (unpaired) electrons. The Kier molecular flexibility index (Phi) is 6.21. The van der Waals surface area contributed by atoms with Gasteiger partial charge in [0.05, 0.1) is 5.41 Å². The van der Waals surface area contributed by atoms with Gasteiger partial charge in [0.25, 0.3) is 0 Å². The molecule has 0 aliphatic heterocycles. The van der Waals surface area contributed by atoms with Gasteiger partial charge in [-0.05, 0) is 52.8 Å². The number of nitrogens with zero attached hydrogens (tertiary/aromatic N) is 1. The van der Waals surface area contributed by atoms with Crippen LogP contribution in [0.5, 0.6) is 0 Å². The molecule has 0 amide bonds. The average molecular weight is 277 g/mol. The van der Waals surface area contributed by atoms with Crippen molar-refractivity contribution in [3.63, 3.8) is 0 Å². The summed E-state index contributed by atoms with van der Waals surface area (Å²) < 4.78 is 0. The first-order valence-electron chi connectivity index (χ1n) is 7.29. The molecule has 0 atom stereocenters. The van der Waals surface area contributed by atoms with Crippen molar-refractivity contribution in [2.75, 3.05) is 13.6 Å². The Bertz CT molecular complexity index is 423. The number of hydrogen-bond acceptors (Lipinski definition) is 2. The van der Waals surface area contributed by atoms with E-state index in [0.717, 1.165) is 32.4 Å². The second-order valence-electron chi connectivity index (χ2n) is 6.37. The molecule has 0 saturated heterocycles. The second-order valence-corrected chi connectivity index (χ2v) is 6.37. The molecule has 0 spiro atoms. The third-order valence-electron chi connectivity index (χ3n) is 3.74. The van der Waals surface area contributed by atoms with Crippen LogP contribution >= 0.6 is 0 Å². The molecule has 3 nitrogen and oxygen atoms in total. The van der Waals surface area contributed by atoms with Crippen molar-refractivity contribution in [1.29, 1.82) is 0 Å². The van der Waals surface area contributed by atoms with Crippen LogP contribution in [0.15, 0.2) is 24.3 Å². The topological polar surface area (TPSA) is 40.5 Å². The fourth-order valence-electron chi connectivity index (χ4n) is 2.14. The van der Waals surface area contributed by atoms with Crippen LogP contribution in [0.25, 0.3) is 0 Å². The van der Waals surface area contributed by atoms with Crippen LogP contribution in [0.4, 0.5) is 0 Å². The summed E-state index contributed by atoms with van der Waals surface area (Å²) >= 11 is 0. The van der Waals surface area contributed by atoms with Crippen molar-refractivity contribution >= 4 is 5.97 Å². The summed E-state index contributed by atoms with van der Waals surface area (Å²) in [6.45, 7) is 7.64. The predicted octanol–water partition coefficient (Wildman–Crippen LogP) is 3.71. The largest absolute Gasteiger partial charge is 0.481 e. The zero-order chi connectivity index (χ0) is 15.2. The van der Waals surface area contributed by atoms with Crippen LogP contribution in [0.2, 0.25) is 0 Å². The van der Waals surface area contributed by atoms with Crippen LogP contribution in [0, 0.1) is 12.3 Å². The molecule has 0 fully saturated rings. The van der Waals surface area contributed by atoms with Crippen molar-refractivity contribution in [2.24, 2.45) is 5.41 Å². The van der Waals surface area contributed by atoms with Crippen molar-refractivity contribution in [2.45, 2.75) is 46.6 Å². The zero-order valence-corrected chi connectivity index (χ0v) is 13.1. The quantitative estimate of drug-likeness (QED) is 0.736. The third kappa shape index (κ3) is 5.74. The second kappa shape index (κ2) is 7.44. The monoisotopic (exact) mass is 277 g/mol. The van der Waals surface area contributed by atoms with Gasteiger partial charge in [-0.25, -0.2) is 0 Å². The molecule has 1 rings (SSSR count). The van der Waals surface area contributed by atoms with Gasteiger partial charge in [0.1, 0.15) is 0 Å². The summed E-state index contributed by atoms with van der Waals surface area (Å²) in [5, 5.41) is 9.06. The smallest absolute Gasteiger partial charge is 0.309 e. The molecule has 0 aliphatic carbocycles. The summed E-state index contributed by atoms with van der Waals surface area (Å²) in [5.74, 6) is -0.703. The summed E-state index contributed by atoms with van der Waals surface area (Å²) in [6, 6.07) is 8.61. The summed E-state index contributed by atoms with van der Waals surface area (Å²) in [7, 11) is 2.11. The number of rotatable bonds is 8. The van der Waals surface area contributed by atoms with Gasteiger partial charge in [0.15, 0.2) is 0 Å². The maximum atomic E-state index is 11.0. The molecular formula is C17H27NO2. The fraction of sp³-hybridized carbons (Fsp3) is 0.588. The van der Waals surface area contributed by atoms with Crippen molar-refractivity contribution in [3.05, 3.63) is 35.4 Å². The van der Waals surface area contributed by atoms with E-state index >= 15 is 0 Å². The molecule has 0 bridgehead atoms. The first kappa shape index (κ1) is 16.7. The summed E-state index contributed by atoms with van der Waals surface area (Å²) in [6.07, 6.45) is 2.73. The average Bonchev–Trinajstić information content (AvgIpc) is 2.37. The minimum Gasteiger partial charge on any atom is -0.481 e. The molecule has 1 N–H and O–H groups in total. The highest BCUT2D eigenvalue weighted by Gasteiger charge is 2.25. The van der Waals surface area contributed by atoms with Gasteiger partial charge in [-0.2, -0.15) is 0 Å². The van der Waals surface area contributed by atoms with E-state index in [2.05, 4.69) is 43.1 Å². The van der Waals surface area contributed by atoms with E-state index < -0.39 is 11.4 Å². The van der Waals surface area contributed by atoms with Gasteiger partial charge in [0, 0.05) is 6.54 Å². The molecule has 0 aromatic heterocycles. The molecule has 0 saturated carbocycles. The van der Waals surface area contributed by atoms with Crippen LogP contribution in [0.3, 0.4) is 0 Å². The SMILES string of the molecule is Cc1ccc(CN(C)CCCCC(C)(C)C(=O)O)cc1. The number of carboxylic acids is 1. The molecule has 20 heavy (non-hydrogen) atoms. The number of unbranched alkanes of at least 4 members (excludes halogenated alkanes) is 1. The summed E-state index contributed by atoms with van der Waals surface area (Å²) in [5.41, 5.74) is 2.01. The van der Waals surface area contributed by atoms with E-state index in [0.29, 0.717) is 0 Å². The van der Waals surface area contributed by atoms with Gasteiger partial charge < -0.3 is 10.0 Å². The Morgan fingerprint density at radius 1 is 1.20 bits per heavy atom. The number of aliphatic carboxylic acids is 1. The maximum absolute atomic E-state index is 11.0. The molecule has 3 heteroatoms. The normalized spacial score (nSPS) is 11.8. The fourth-order valence-corrected chi connectivity index (χ4v) is 2.14. The number of carbonyl (C=O) groups is 1. The molecular weight excluding hydrogens is 250 g/mol. The van der Waals surface area contributed by atoms with Crippen molar-refractivity contribution in [1.82, 2.24) is 4.90 Å². The first-order valence-corrected chi connectivity index (χ1v) is 7.29. The van der Waals surface area contributed by atoms with Gasteiger partial charge in [-0.15, -0.1) is 0 Å². The third-order valence-corrected chi connectivity index (χ3v) is 3.74. The zero-order valence-electron chi connectivity index (χ0n) is 13.1. The van der Waals surface area contributed by atoms with E-state index in [4.69, 9.17) is 5.11 Å². The van der Waals surface area contributed by atoms with Crippen molar-refractivity contribution < 1.29 is 9.90 Å². The summed E-state index contributed by atoms with van der Waals surface area (Å²) in [4.78, 5) is 13.3. The molecule has 0 unspecified atom stereocenters. The Morgan fingerprint density at radius 3 is 2.35 bits per heavy atom.